The first-order valence-electron chi connectivity index (χ1n) is 6.74. The highest BCUT2D eigenvalue weighted by atomic mass is 35.5. The second kappa shape index (κ2) is 6.76. The second-order valence-electron chi connectivity index (χ2n) is 5.00. The number of nitrogens with two attached hydrogens (primary N) is 1. The van der Waals surface area contributed by atoms with Crippen LogP contribution < -0.4 is 5.73 Å². The number of carbonyl (C=O) groups excluding carboxylic acids is 1. The van der Waals surface area contributed by atoms with Crippen molar-refractivity contribution in [2.75, 3.05) is 6.54 Å². The van der Waals surface area contributed by atoms with E-state index >= 15 is 0 Å². The van der Waals surface area contributed by atoms with E-state index in [0.717, 1.165) is 12.8 Å². The summed E-state index contributed by atoms with van der Waals surface area (Å²) < 4.78 is 13.8. The van der Waals surface area contributed by atoms with Crippen LogP contribution in [0.2, 0.25) is 5.02 Å². The molecule has 3 N–H and O–H groups in total. The maximum Gasteiger partial charge on any atom is 0.227 e. The number of hydrogen-bond acceptors (Lipinski definition) is 3. The fourth-order valence-corrected chi connectivity index (χ4v) is 2.79. The van der Waals surface area contributed by atoms with E-state index in [2.05, 4.69) is 5.16 Å². The summed E-state index contributed by atoms with van der Waals surface area (Å²) in [4.78, 5) is 13.9. The van der Waals surface area contributed by atoms with Gasteiger partial charge in [0, 0.05) is 17.1 Å². The van der Waals surface area contributed by atoms with Crippen LogP contribution in [0.5, 0.6) is 0 Å². The van der Waals surface area contributed by atoms with Crippen molar-refractivity contribution in [3.05, 3.63) is 34.6 Å². The Balaban J connectivity index is 2.18. The average Bonchev–Trinajstić information content (AvgIpc) is 2.50. The van der Waals surface area contributed by atoms with E-state index < -0.39 is 11.9 Å². The first-order chi connectivity index (χ1) is 10.0. The predicted octanol–water partition coefficient (Wildman–Crippen LogP) is 2.15. The van der Waals surface area contributed by atoms with Crippen molar-refractivity contribution < 1.29 is 14.4 Å². The predicted molar refractivity (Wildman–Crippen MR) is 77.9 cm³/mol. The van der Waals surface area contributed by atoms with Crippen molar-refractivity contribution in [1.29, 1.82) is 0 Å². The largest absolute Gasteiger partial charge is 0.409 e. The molecule has 0 aliphatic carbocycles. The van der Waals surface area contributed by atoms with Gasteiger partial charge in [-0.1, -0.05) is 22.8 Å². The summed E-state index contributed by atoms with van der Waals surface area (Å²) in [5, 5.41) is 12.0. The number of hydrogen-bond donors (Lipinski definition) is 2. The molecule has 1 aliphatic heterocycles. The maximum atomic E-state index is 13.8. The lowest BCUT2D eigenvalue weighted by Crippen LogP contribution is -2.51. The number of carbonyl (C=O) groups is 1. The van der Waals surface area contributed by atoms with Crippen LogP contribution in [0.25, 0.3) is 0 Å². The number of halogens is 2. The molecule has 21 heavy (non-hydrogen) atoms. The third-order valence-electron chi connectivity index (χ3n) is 3.67. The molecule has 7 heteroatoms. The second-order valence-corrected chi connectivity index (χ2v) is 5.41. The SMILES string of the molecule is NC(=NO)C1CCCCN1C(=O)Cc1c(F)cccc1Cl. The summed E-state index contributed by atoms with van der Waals surface area (Å²) in [6.07, 6.45) is 2.23. The van der Waals surface area contributed by atoms with Gasteiger partial charge in [-0.25, -0.2) is 4.39 Å². The normalized spacial score (nSPS) is 19.6. The van der Waals surface area contributed by atoms with Crippen molar-refractivity contribution in [3.8, 4) is 0 Å². The Hall–Kier alpha value is -1.82. The molecule has 1 atom stereocenters. The number of benzene rings is 1. The molecular formula is C14H17ClFN3O2. The van der Waals surface area contributed by atoms with Crippen molar-refractivity contribution >= 4 is 23.3 Å². The molecule has 0 saturated carbocycles. The van der Waals surface area contributed by atoms with E-state index in [1.54, 1.807) is 6.07 Å². The van der Waals surface area contributed by atoms with Crippen LogP contribution in [0.3, 0.4) is 0 Å². The van der Waals surface area contributed by atoms with E-state index in [-0.39, 0.29) is 28.7 Å². The molecule has 114 valence electrons. The third kappa shape index (κ3) is 3.44. The van der Waals surface area contributed by atoms with Crippen molar-refractivity contribution in [2.24, 2.45) is 10.9 Å². The highest BCUT2D eigenvalue weighted by molar-refractivity contribution is 6.31. The Morgan fingerprint density at radius 2 is 2.29 bits per heavy atom. The Kier molecular flexibility index (Phi) is 5.01. The summed E-state index contributed by atoms with van der Waals surface area (Å²) in [6, 6.07) is 3.86. The molecule has 1 saturated heterocycles. The highest BCUT2D eigenvalue weighted by Gasteiger charge is 2.30. The summed E-state index contributed by atoms with van der Waals surface area (Å²) in [5.41, 5.74) is 5.81. The Bertz CT molecular complexity index is 545. The van der Waals surface area contributed by atoms with Gasteiger partial charge in [-0.3, -0.25) is 4.79 Å². The number of oxime groups is 1. The molecule has 1 unspecified atom stereocenters. The summed E-state index contributed by atoms with van der Waals surface area (Å²) in [6.45, 7) is 0.506. The molecule has 1 amide bonds. The standard InChI is InChI=1S/C14H17ClFN3O2/c15-10-4-3-5-11(16)9(10)8-13(20)19-7-2-1-6-12(19)14(17)18-21/h3-5,12,21H,1-2,6-8H2,(H2,17,18). The third-order valence-corrected chi connectivity index (χ3v) is 4.02. The van der Waals surface area contributed by atoms with E-state index in [9.17, 15) is 9.18 Å². The average molecular weight is 314 g/mol. The van der Waals surface area contributed by atoms with Gasteiger partial charge in [-0.2, -0.15) is 0 Å². The van der Waals surface area contributed by atoms with Crippen LogP contribution in [-0.4, -0.2) is 34.4 Å². The molecule has 2 rings (SSSR count). The van der Waals surface area contributed by atoms with Crippen LogP contribution in [0.15, 0.2) is 23.4 Å². The molecule has 0 aromatic heterocycles. The number of nitrogens with zero attached hydrogens (tertiary/aromatic N) is 2. The van der Waals surface area contributed by atoms with Crippen LogP contribution in [-0.2, 0) is 11.2 Å². The molecule has 0 radical (unpaired) electrons. The number of piperidine rings is 1. The molecule has 0 bridgehead atoms. The van der Waals surface area contributed by atoms with Gasteiger partial charge in [0.15, 0.2) is 5.84 Å². The Morgan fingerprint density at radius 3 is 2.95 bits per heavy atom. The summed E-state index contributed by atoms with van der Waals surface area (Å²) in [5.74, 6) is -0.783. The molecule has 1 aromatic rings. The monoisotopic (exact) mass is 313 g/mol. The topological polar surface area (TPSA) is 78.9 Å². The van der Waals surface area contributed by atoms with Gasteiger partial charge in [-0.05, 0) is 31.4 Å². The number of amides is 1. The molecule has 5 nitrogen and oxygen atoms in total. The Morgan fingerprint density at radius 1 is 1.52 bits per heavy atom. The lowest BCUT2D eigenvalue weighted by molar-refractivity contribution is -0.132. The molecule has 1 heterocycles. The van der Waals surface area contributed by atoms with Gasteiger partial charge in [0.05, 0.1) is 12.5 Å². The van der Waals surface area contributed by atoms with Gasteiger partial charge < -0.3 is 15.8 Å². The van der Waals surface area contributed by atoms with Crippen LogP contribution in [0, 0.1) is 5.82 Å². The van der Waals surface area contributed by atoms with E-state index in [1.807, 2.05) is 0 Å². The van der Waals surface area contributed by atoms with Gasteiger partial charge in [-0.15, -0.1) is 0 Å². The molecule has 0 spiro atoms. The zero-order valence-corrected chi connectivity index (χ0v) is 12.2. The van der Waals surface area contributed by atoms with Gasteiger partial charge in [0.2, 0.25) is 5.91 Å². The van der Waals surface area contributed by atoms with Gasteiger partial charge in [0.25, 0.3) is 0 Å². The lowest BCUT2D eigenvalue weighted by Gasteiger charge is -2.35. The van der Waals surface area contributed by atoms with Gasteiger partial charge in [0.1, 0.15) is 5.82 Å². The smallest absolute Gasteiger partial charge is 0.227 e. The quantitative estimate of drug-likeness (QED) is 0.388. The molecule has 1 aromatic carbocycles. The Labute approximate surface area is 127 Å². The number of rotatable bonds is 3. The van der Waals surface area contributed by atoms with Crippen LogP contribution in [0.1, 0.15) is 24.8 Å². The van der Waals surface area contributed by atoms with Crippen molar-refractivity contribution in [1.82, 2.24) is 4.90 Å². The lowest BCUT2D eigenvalue weighted by atomic mass is 10.00. The van der Waals surface area contributed by atoms with E-state index in [0.29, 0.717) is 13.0 Å². The minimum absolute atomic E-state index is 0.00248. The minimum Gasteiger partial charge on any atom is -0.409 e. The fraction of sp³-hybridized carbons (Fsp3) is 0.429. The van der Waals surface area contributed by atoms with E-state index in [1.165, 1.54) is 17.0 Å². The van der Waals surface area contributed by atoms with Crippen LogP contribution >= 0.6 is 11.6 Å². The summed E-state index contributed by atoms with van der Waals surface area (Å²) >= 11 is 5.94. The molecule has 1 aliphatic rings. The molecular weight excluding hydrogens is 297 g/mol. The fourth-order valence-electron chi connectivity index (χ4n) is 2.56. The number of likely N-dealkylation sites (tertiary alicyclic amines) is 1. The van der Waals surface area contributed by atoms with E-state index in [4.69, 9.17) is 22.5 Å². The summed E-state index contributed by atoms with van der Waals surface area (Å²) in [7, 11) is 0. The van der Waals surface area contributed by atoms with Crippen molar-refractivity contribution in [3.63, 3.8) is 0 Å². The van der Waals surface area contributed by atoms with Crippen LogP contribution in [0.4, 0.5) is 4.39 Å². The minimum atomic E-state index is -0.506. The first-order valence-corrected chi connectivity index (χ1v) is 7.12. The highest BCUT2D eigenvalue weighted by Crippen LogP contribution is 2.23. The number of amidine groups is 1. The first kappa shape index (κ1) is 15.6. The maximum absolute atomic E-state index is 13.8. The van der Waals surface area contributed by atoms with Gasteiger partial charge >= 0.3 is 0 Å². The zero-order valence-electron chi connectivity index (χ0n) is 11.4. The van der Waals surface area contributed by atoms with Crippen molar-refractivity contribution in [2.45, 2.75) is 31.7 Å². The molecule has 1 fully saturated rings. The zero-order chi connectivity index (χ0) is 15.4.